The van der Waals surface area contributed by atoms with Crippen LogP contribution in [0.4, 0.5) is 4.79 Å². The summed E-state index contributed by atoms with van der Waals surface area (Å²) >= 11 is 0. The molecule has 33 heavy (non-hydrogen) atoms. The van der Waals surface area contributed by atoms with Crippen molar-refractivity contribution < 1.29 is 9.53 Å². The summed E-state index contributed by atoms with van der Waals surface area (Å²) in [4.78, 5) is 15.3. The van der Waals surface area contributed by atoms with Crippen molar-refractivity contribution >= 4 is 24.5 Å². The highest BCUT2D eigenvalue weighted by Crippen LogP contribution is 2.25. The molecule has 0 saturated heterocycles. The topological polar surface area (TPSA) is 115 Å². The third-order valence-corrected chi connectivity index (χ3v) is 5.00. The van der Waals surface area contributed by atoms with Gasteiger partial charge in [-0.3, -0.25) is 10.4 Å². The van der Waals surface area contributed by atoms with Gasteiger partial charge in [-0.15, -0.1) is 10.6 Å². The number of amides is 1. The minimum Gasteiger partial charge on any atom is -0.453 e. The van der Waals surface area contributed by atoms with Gasteiger partial charge in [-0.1, -0.05) is 61.9 Å². The first kappa shape index (κ1) is 23.7. The predicted octanol–water partition coefficient (Wildman–Crippen LogP) is 2.60. The van der Waals surface area contributed by atoms with Crippen molar-refractivity contribution in [1.82, 2.24) is 26.8 Å². The fraction of sp³-hybridized carbons (Fsp3) is 0.304. The van der Waals surface area contributed by atoms with Gasteiger partial charge in [0.05, 0.1) is 20.2 Å². The van der Waals surface area contributed by atoms with E-state index >= 15 is 0 Å². The maximum Gasteiger partial charge on any atom is 0.407 e. The van der Waals surface area contributed by atoms with E-state index in [1.807, 2.05) is 23.2 Å². The number of aliphatic imine (C=N–C) groups is 1. The monoisotopic (exact) mass is 450 g/mol. The second kappa shape index (κ2) is 12.2. The van der Waals surface area contributed by atoms with Gasteiger partial charge in [-0.05, 0) is 29.8 Å². The lowest BCUT2D eigenvalue weighted by atomic mass is 9.98. The van der Waals surface area contributed by atoms with Crippen molar-refractivity contribution in [3.63, 3.8) is 0 Å². The maximum absolute atomic E-state index is 11.4. The van der Waals surface area contributed by atoms with Crippen LogP contribution in [0.5, 0.6) is 0 Å². The number of methoxy groups -OCH3 is 1. The molecule has 174 valence electrons. The van der Waals surface area contributed by atoms with Gasteiger partial charge in [0.1, 0.15) is 0 Å². The molecule has 4 N–H and O–H groups in total. The van der Waals surface area contributed by atoms with Crippen molar-refractivity contribution in [2.45, 2.75) is 26.3 Å². The van der Waals surface area contributed by atoms with E-state index in [4.69, 9.17) is 0 Å². The first-order chi connectivity index (χ1) is 16.1. The number of hydrazone groups is 2. The van der Waals surface area contributed by atoms with Crippen molar-refractivity contribution in [2.24, 2.45) is 15.2 Å². The number of hydrogen-bond acceptors (Lipinski definition) is 8. The standard InChI is InChI=1S/C23H30N8O2/c1-4-5-14-31(28-21(24-2)15-25-23(32)33-3)16-17-10-12-18(13-11-17)19-8-6-7-9-20(19)22-26-29-30-27-22/h6-13,29-30H,2,4-5,14-16H2,1,3H3,(H,25,32)(H,26,27)/b28-21-. The highest BCUT2D eigenvalue weighted by Gasteiger charge is 2.14. The number of alkyl carbamates (subject to hydrolysis) is 1. The normalized spacial score (nSPS) is 12.9. The minimum atomic E-state index is -0.535. The van der Waals surface area contributed by atoms with Crippen LogP contribution in [-0.4, -0.2) is 49.7 Å². The summed E-state index contributed by atoms with van der Waals surface area (Å²) in [6, 6.07) is 16.5. The Morgan fingerprint density at radius 2 is 1.94 bits per heavy atom. The Hall–Kier alpha value is -3.92. The van der Waals surface area contributed by atoms with Crippen molar-refractivity contribution in [3.05, 3.63) is 59.7 Å². The Labute approximate surface area is 193 Å². The van der Waals surface area contributed by atoms with Gasteiger partial charge in [0, 0.05) is 12.1 Å². The summed E-state index contributed by atoms with van der Waals surface area (Å²) in [5.41, 5.74) is 12.8. The number of benzene rings is 2. The summed E-state index contributed by atoms with van der Waals surface area (Å²) in [6.45, 7) is 7.23. The van der Waals surface area contributed by atoms with Crippen molar-refractivity contribution in [2.75, 3.05) is 20.2 Å². The third-order valence-electron chi connectivity index (χ3n) is 5.00. The Bertz CT molecular complexity index is 1000. The van der Waals surface area contributed by atoms with Gasteiger partial charge >= 0.3 is 6.09 Å². The lowest BCUT2D eigenvalue weighted by molar-refractivity contribution is 0.172. The molecule has 0 radical (unpaired) electrons. The molecule has 10 nitrogen and oxygen atoms in total. The van der Waals surface area contributed by atoms with Crippen LogP contribution in [-0.2, 0) is 11.3 Å². The molecule has 0 spiro atoms. The number of nitrogens with zero attached hydrogens (tertiary/aromatic N) is 4. The molecule has 3 rings (SSSR count). The Morgan fingerprint density at radius 1 is 1.18 bits per heavy atom. The minimum absolute atomic E-state index is 0.149. The number of hydrazine groups is 2. The van der Waals surface area contributed by atoms with Crippen molar-refractivity contribution in [1.29, 1.82) is 0 Å². The molecule has 1 aliphatic rings. The van der Waals surface area contributed by atoms with Crippen LogP contribution in [0.1, 0.15) is 30.9 Å². The lowest BCUT2D eigenvalue weighted by Gasteiger charge is -2.20. The Morgan fingerprint density at radius 3 is 2.58 bits per heavy atom. The van der Waals surface area contributed by atoms with Gasteiger partial charge in [0.2, 0.25) is 0 Å². The van der Waals surface area contributed by atoms with Crippen LogP contribution >= 0.6 is 0 Å². The molecule has 1 aliphatic heterocycles. The molecule has 0 aliphatic carbocycles. The quantitative estimate of drug-likeness (QED) is 0.251. The molecule has 0 unspecified atom stereocenters. The van der Waals surface area contributed by atoms with E-state index in [2.05, 4.69) is 85.7 Å². The van der Waals surface area contributed by atoms with Crippen LogP contribution in [0, 0.1) is 0 Å². The summed E-state index contributed by atoms with van der Waals surface area (Å²) in [5.74, 6) is 1.16. The van der Waals surface area contributed by atoms with Crippen LogP contribution in [0.25, 0.3) is 11.1 Å². The number of nitrogens with one attached hydrogen (secondary N) is 4. The second-order valence-corrected chi connectivity index (χ2v) is 7.33. The molecule has 0 bridgehead atoms. The van der Waals surface area contributed by atoms with E-state index in [1.54, 1.807) is 0 Å². The SMILES string of the molecule is C=N/C(CNC(=O)OC)=N\N(CCCC)Cc1ccc(-c2ccccc2C2=NNNN2)cc1. The number of carbonyl (C=O) groups is 1. The summed E-state index contributed by atoms with van der Waals surface area (Å²) in [6.07, 6.45) is 1.49. The molecule has 2 aromatic rings. The summed E-state index contributed by atoms with van der Waals surface area (Å²) < 4.78 is 4.60. The maximum atomic E-state index is 11.4. The van der Waals surface area contributed by atoms with Gasteiger partial charge in [0.15, 0.2) is 11.7 Å². The van der Waals surface area contributed by atoms with Crippen LogP contribution in [0.3, 0.4) is 0 Å². The van der Waals surface area contributed by atoms with Crippen LogP contribution in [0.15, 0.2) is 63.7 Å². The zero-order valence-corrected chi connectivity index (χ0v) is 19.0. The number of carbonyl (C=O) groups excluding carboxylic acids is 1. The van der Waals surface area contributed by atoms with Gasteiger partial charge in [0.25, 0.3) is 0 Å². The van der Waals surface area contributed by atoms with E-state index in [0.717, 1.165) is 47.5 Å². The van der Waals surface area contributed by atoms with E-state index in [0.29, 0.717) is 12.4 Å². The first-order valence-corrected chi connectivity index (χ1v) is 10.8. The van der Waals surface area contributed by atoms with Gasteiger partial charge in [-0.2, -0.15) is 5.10 Å². The molecule has 1 heterocycles. The average molecular weight is 451 g/mol. The van der Waals surface area contributed by atoms with Crippen LogP contribution < -0.4 is 21.8 Å². The smallest absolute Gasteiger partial charge is 0.407 e. The highest BCUT2D eigenvalue weighted by atomic mass is 16.5. The van der Waals surface area contributed by atoms with E-state index in [1.165, 1.54) is 7.11 Å². The number of rotatable bonds is 10. The molecule has 2 aromatic carbocycles. The summed E-state index contributed by atoms with van der Waals surface area (Å²) in [5, 5.41) is 13.3. The average Bonchev–Trinajstić information content (AvgIpc) is 3.40. The molecule has 0 fully saturated rings. The summed E-state index contributed by atoms with van der Waals surface area (Å²) in [7, 11) is 1.31. The molecule has 0 atom stereocenters. The van der Waals surface area contributed by atoms with Crippen LogP contribution in [0.2, 0.25) is 0 Å². The number of unbranched alkanes of at least 4 members (excludes halogenated alkanes) is 1. The number of amidine groups is 2. The largest absolute Gasteiger partial charge is 0.453 e. The van der Waals surface area contributed by atoms with E-state index < -0.39 is 6.09 Å². The molecular formula is C23H30N8O2. The Kier molecular flexibility index (Phi) is 8.78. The third kappa shape index (κ3) is 6.78. The Balaban J connectivity index is 1.75. The molecule has 0 saturated carbocycles. The lowest BCUT2D eigenvalue weighted by Crippen LogP contribution is -2.35. The molecule has 0 aromatic heterocycles. The molecular weight excluding hydrogens is 420 g/mol. The zero-order valence-electron chi connectivity index (χ0n) is 19.0. The molecule has 10 heteroatoms. The van der Waals surface area contributed by atoms with E-state index in [-0.39, 0.29) is 6.54 Å². The first-order valence-electron chi connectivity index (χ1n) is 10.8. The second-order valence-electron chi connectivity index (χ2n) is 7.33. The molecule has 1 amide bonds. The van der Waals surface area contributed by atoms with Gasteiger partial charge < -0.3 is 10.1 Å². The zero-order chi connectivity index (χ0) is 23.5. The number of ether oxygens (including phenoxy) is 1. The van der Waals surface area contributed by atoms with Gasteiger partial charge in [-0.25, -0.2) is 15.3 Å². The highest BCUT2D eigenvalue weighted by molar-refractivity contribution is 6.04. The predicted molar refractivity (Wildman–Crippen MR) is 131 cm³/mol. The fourth-order valence-electron chi connectivity index (χ4n) is 3.28. The fourth-order valence-corrected chi connectivity index (χ4v) is 3.28. The van der Waals surface area contributed by atoms with Crippen molar-refractivity contribution in [3.8, 4) is 11.1 Å². The van der Waals surface area contributed by atoms with E-state index in [9.17, 15) is 4.79 Å². The number of hydrogen-bond donors (Lipinski definition) is 4.